The van der Waals surface area contributed by atoms with Crippen LogP contribution in [0, 0.1) is 13.8 Å². The van der Waals surface area contributed by atoms with Crippen LogP contribution in [0.5, 0.6) is 5.75 Å². The molecule has 3 aromatic rings. The van der Waals surface area contributed by atoms with E-state index in [1.54, 1.807) is 26.0 Å². The van der Waals surface area contributed by atoms with Gasteiger partial charge in [0.2, 0.25) is 0 Å². The van der Waals surface area contributed by atoms with E-state index < -0.39 is 15.7 Å². The van der Waals surface area contributed by atoms with Crippen molar-refractivity contribution in [2.45, 2.75) is 18.7 Å². The van der Waals surface area contributed by atoms with Crippen LogP contribution in [-0.4, -0.2) is 24.5 Å². The molecule has 0 unspecified atom stereocenters. The lowest BCUT2D eigenvalue weighted by atomic mass is 10.2. The zero-order valence-electron chi connectivity index (χ0n) is 13.5. The fraction of sp³-hybridized carbons (Fsp3) is 0.188. The summed E-state index contributed by atoms with van der Waals surface area (Å²) in [6.45, 7) is 3.43. The first-order valence-corrected chi connectivity index (χ1v) is 8.61. The number of methoxy groups -OCH3 is 1. The van der Waals surface area contributed by atoms with Crippen molar-refractivity contribution in [2.24, 2.45) is 0 Å². The molecule has 0 spiro atoms. The van der Waals surface area contributed by atoms with E-state index in [9.17, 15) is 13.2 Å². The Morgan fingerprint density at radius 2 is 1.83 bits per heavy atom. The Kier molecular flexibility index (Phi) is 3.64. The lowest BCUT2D eigenvalue weighted by Gasteiger charge is -2.10. The molecule has 8 heteroatoms. The second-order valence-electron chi connectivity index (χ2n) is 5.56. The van der Waals surface area contributed by atoms with Crippen molar-refractivity contribution in [2.75, 3.05) is 12.8 Å². The minimum absolute atomic E-state index is 0.0328. The van der Waals surface area contributed by atoms with Crippen LogP contribution in [0.2, 0.25) is 0 Å². The SMILES string of the molecule is COc1ccc(S(=O)(=O)n2c(=O)[nH]c3cc(C)c(N)cc32)c(C)c1. The molecular weight excluding hydrogens is 330 g/mol. The van der Waals surface area contributed by atoms with E-state index >= 15 is 0 Å². The van der Waals surface area contributed by atoms with E-state index in [2.05, 4.69) is 4.98 Å². The number of nitrogens with two attached hydrogens (primary N) is 1. The van der Waals surface area contributed by atoms with Gasteiger partial charge in [-0.25, -0.2) is 13.2 Å². The van der Waals surface area contributed by atoms with Crippen molar-refractivity contribution in [3.63, 3.8) is 0 Å². The molecule has 2 aromatic carbocycles. The van der Waals surface area contributed by atoms with Gasteiger partial charge in [-0.15, -0.1) is 0 Å². The highest BCUT2D eigenvalue weighted by atomic mass is 32.2. The first-order valence-electron chi connectivity index (χ1n) is 7.17. The van der Waals surface area contributed by atoms with Gasteiger partial charge in [-0.05, 0) is 55.3 Å². The van der Waals surface area contributed by atoms with E-state index in [0.717, 1.165) is 9.54 Å². The largest absolute Gasteiger partial charge is 0.497 e. The summed E-state index contributed by atoms with van der Waals surface area (Å²) >= 11 is 0. The van der Waals surface area contributed by atoms with Crippen molar-refractivity contribution in [1.82, 2.24) is 8.96 Å². The molecule has 24 heavy (non-hydrogen) atoms. The summed E-state index contributed by atoms with van der Waals surface area (Å²) in [4.78, 5) is 14.9. The summed E-state index contributed by atoms with van der Waals surface area (Å²) in [7, 11) is -2.58. The number of hydrogen-bond acceptors (Lipinski definition) is 5. The van der Waals surface area contributed by atoms with Gasteiger partial charge in [0.25, 0.3) is 10.0 Å². The number of ether oxygens (including phenoxy) is 1. The molecule has 126 valence electrons. The average molecular weight is 347 g/mol. The molecule has 1 heterocycles. The Hall–Kier alpha value is -2.74. The molecule has 0 bridgehead atoms. The molecule has 0 aliphatic rings. The lowest BCUT2D eigenvalue weighted by molar-refractivity contribution is 0.414. The van der Waals surface area contributed by atoms with Crippen LogP contribution >= 0.6 is 0 Å². The number of aromatic nitrogens is 2. The molecule has 7 nitrogen and oxygen atoms in total. The van der Waals surface area contributed by atoms with Crippen molar-refractivity contribution in [3.05, 3.63) is 51.9 Å². The highest BCUT2D eigenvalue weighted by Crippen LogP contribution is 2.26. The Balaban J connectivity index is 2.32. The normalized spacial score (nSPS) is 11.8. The van der Waals surface area contributed by atoms with E-state index in [1.165, 1.54) is 25.3 Å². The maximum absolute atomic E-state index is 13.0. The summed E-state index contributed by atoms with van der Waals surface area (Å²) < 4.78 is 31.8. The van der Waals surface area contributed by atoms with Gasteiger partial charge in [0.15, 0.2) is 0 Å². The maximum atomic E-state index is 13.0. The zero-order chi connectivity index (χ0) is 17.6. The summed E-state index contributed by atoms with van der Waals surface area (Å²) in [6.07, 6.45) is 0. The first-order chi connectivity index (χ1) is 11.3. The quantitative estimate of drug-likeness (QED) is 0.702. The van der Waals surface area contributed by atoms with Crippen LogP contribution in [0.15, 0.2) is 40.0 Å². The smallest absolute Gasteiger partial charge is 0.340 e. The number of imidazole rings is 1. The zero-order valence-corrected chi connectivity index (χ0v) is 14.3. The van der Waals surface area contributed by atoms with Crippen molar-refractivity contribution in [1.29, 1.82) is 0 Å². The molecule has 0 saturated carbocycles. The van der Waals surface area contributed by atoms with Gasteiger partial charge < -0.3 is 15.5 Å². The number of hydrogen-bond donors (Lipinski definition) is 2. The number of H-pyrrole nitrogens is 1. The third-order valence-corrected chi connectivity index (χ3v) is 5.79. The Labute approximate surface area is 138 Å². The molecule has 3 rings (SSSR count). The van der Waals surface area contributed by atoms with Crippen LogP contribution in [0.25, 0.3) is 11.0 Å². The second-order valence-corrected chi connectivity index (χ2v) is 7.31. The van der Waals surface area contributed by atoms with Crippen molar-refractivity contribution >= 4 is 26.7 Å². The van der Waals surface area contributed by atoms with Crippen LogP contribution in [-0.2, 0) is 10.0 Å². The molecule has 0 fully saturated rings. The summed E-state index contributed by atoms with van der Waals surface area (Å²) in [5.74, 6) is 0.539. The third kappa shape index (κ3) is 2.35. The van der Waals surface area contributed by atoms with E-state index in [-0.39, 0.29) is 10.4 Å². The molecule has 0 saturated heterocycles. The van der Waals surface area contributed by atoms with E-state index in [1.807, 2.05) is 0 Å². The van der Waals surface area contributed by atoms with Crippen LogP contribution in [0.4, 0.5) is 5.69 Å². The van der Waals surface area contributed by atoms with Crippen LogP contribution in [0.1, 0.15) is 11.1 Å². The third-order valence-electron chi connectivity index (χ3n) is 3.93. The van der Waals surface area contributed by atoms with Crippen molar-refractivity contribution < 1.29 is 13.2 Å². The molecule has 0 aliphatic carbocycles. The number of rotatable bonds is 3. The fourth-order valence-electron chi connectivity index (χ4n) is 2.63. The van der Waals surface area contributed by atoms with Gasteiger partial charge in [0.05, 0.1) is 23.0 Å². The predicted molar refractivity (Wildman–Crippen MR) is 92.0 cm³/mol. The number of nitrogens with one attached hydrogen (secondary N) is 1. The highest BCUT2D eigenvalue weighted by molar-refractivity contribution is 7.90. The van der Waals surface area contributed by atoms with Gasteiger partial charge in [-0.1, -0.05) is 0 Å². The Morgan fingerprint density at radius 3 is 2.46 bits per heavy atom. The number of nitrogens with zero attached hydrogens (tertiary/aromatic N) is 1. The number of nitrogen functional groups attached to an aromatic ring is 1. The number of aryl methyl sites for hydroxylation is 2. The number of benzene rings is 2. The van der Waals surface area contributed by atoms with Gasteiger partial charge in [-0.3, -0.25) is 0 Å². The average Bonchev–Trinajstić information content (AvgIpc) is 2.82. The predicted octanol–water partition coefficient (Wildman–Crippen LogP) is 1.77. The summed E-state index contributed by atoms with van der Waals surface area (Å²) in [5.41, 5.74) is 7.43. The standard InChI is InChI=1S/C16H17N3O4S/c1-9-7-13-14(8-12(9)17)19(16(20)18-13)24(21,22)15-5-4-11(23-3)6-10(15)2/h4-8H,17H2,1-3H3,(H,18,20). The van der Waals surface area contributed by atoms with Crippen molar-refractivity contribution in [3.8, 4) is 5.75 Å². The Bertz CT molecular complexity index is 1110. The first kappa shape index (κ1) is 16.1. The molecular formula is C16H17N3O4S. The Morgan fingerprint density at radius 1 is 1.12 bits per heavy atom. The topological polar surface area (TPSA) is 107 Å². The molecule has 0 atom stereocenters. The molecule has 0 radical (unpaired) electrons. The minimum Gasteiger partial charge on any atom is -0.497 e. The fourth-order valence-corrected chi connectivity index (χ4v) is 4.21. The number of fused-ring (bicyclic) bond motifs is 1. The highest BCUT2D eigenvalue weighted by Gasteiger charge is 2.25. The van der Waals surface area contributed by atoms with E-state index in [4.69, 9.17) is 10.5 Å². The van der Waals surface area contributed by atoms with Gasteiger partial charge >= 0.3 is 5.69 Å². The molecule has 1 aromatic heterocycles. The number of aromatic amines is 1. The second kappa shape index (κ2) is 5.41. The van der Waals surface area contributed by atoms with Crippen LogP contribution < -0.4 is 16.2 Å². The van der Waals surface area contributed by atoms with E-state index in [0.29, 0.717) is 22.5 Å². The molecule has 0 amide bonds. The van der Waals surface area contributed by atoms with Gasteiger partial charge in [0.1, 0.15) is 5.75 Å². The maximum Gasteiger partial charge on any atom is 0.340 e. The summed E-state index contributed by atoms with van der Waals surface area (Å²) in [5, 5.41) is 0. The summed E-state index contributed by atoms with van der Waals surface area (Å²) in [6, 6.07) is 7.70. The van der Waals surface area contributed by atoms with Gasteiger partial charge in [0, 0.05) is 5.69 Å². The molecule has 3 N–H and O–H groups in total. The number of anilines is 1. The minimum atomic E-state index is -4.08. The molecule has 0 aliphatic heterocycles. The monoisotopic (exact) mass is 347 g/mol. The van der Waals surface area contributed by atoms with Gasteiger partial charge in [-0.2, -0.15) is 3.97 Å². The lowest BCUT2D eigenvalue weighted by Crippen LogP contribution is -2.25. The van der Waals surface area contributed by atoms with Crippen LogP contribution in [0.3, 0.4) is 0 Å².